The van der Waals surface area contributed by atoms with Crippen molar-refractivity contribution in [2.45, 2.75) is 13.3 Å². The van der Waals surface area contributed by atoms with Crippen LogP contribution < -0.4 is 0 Å². The summed E-state index contributed by atoms with van der Waals surface area (Å²) in [6, 6.07) is 2.04. The quantitative estimate of drug-likeness (QED) is 0.715. The van der Waals surface area contributed by atoms with E-state index in [1.54, 1.807) is 10.7 Å². The lowest BCUT2D eigenvalue weighted by Crippen LogP contribution is -1.92. The molecule has 4 nitrogen and oxygen atoms in total. The van der Waals surface area contributed by atoms with E-state index in [2.05, 4.69) is 9.97 Å². The van der Waals surface area contributed by atoms with Crippen LogP contribution in [0.1, 0.15) is 11.4 Å². The van der Waals surface area contributed by atoms with E-state index in [-0.39, 0.29) is 6.42 Å². The molecule has 0 amide bonds. The van der Waals surface area contributed by atoms with Crippen LogP contribution in [0.15, 0.2) is 12.5 Å². The van der Waals surface area contributed by atoms with Crippen LogP contribution in [-0.4, -0.2) is 14.4 Å². The zero-order chi connectivity index (χ0) is 10.1. The number of aromatic nitrogens is 3. The molecule has 70 valence electrons. The standard InChI is InChI=1S/C9H7ClN4/c1-6-4-14-5-12-7(2-3-11)8(14)9(10)13-6/h4-5H,2H2,1H3. The number of imidazole rings is 1. The number of nitriles is 1. The zero-order valence-corrected chi connectivity index (χ0v) is 8.28. The van der Waals surface area contributed by atoms with Crippen molar-refractivity contribution in [3.63, 3.8) is 0 Å². The summed E-state index contributed by atoms with van der Waals surface area (Å²) in [5, 5.41) is 8.98. The van der Waals surface area contributed by atoms with Gasteiger partial charge in [0.2, 0.25) is 0 Å². The van der Waals surface area contributed by atoms with Crippen LogP contribution >= 0.6 is 11.6 Å². The summed E-state index contributed by atoms with van der Waals surface area (Å²) in [6.45, 7) is 1.86. The molecule has 0 saturated heterocycles. The van der Waals surface area contributed by atoms with Crippen molar-refractivity contribution in [3.8, 4) is 6.07 Å². The fourth-order valence-electron chi connectivity index (χ4n) is 1.37. The first kappa shape index (κ1) is 8.97. The van der Waals surface area contributed by atoms with Crippen LogP contribution in [0.5, 0.6) is 0 Å². The normalized spacial score (nSPS) is 10.4. The average Bonchev–Trinajstić information content (AvgIpc) is 2.49. The number of hydrogen-bond donors (Lipinski definition) is 0. The smallest absolute Gasteiger partial charge is 0.155 e. The lowest BCUT2D eigenvalue weighted by molar-refractivity contribution is 1.07. The fourth-order valence-corrected chi connectivity index (χ4v) is 1.71. The molecule has 0 aliphatic rings. The second-order valence-electron chi connectivity index (χ2n) is 2.96. The van der Waals surface area contributed by atoms with Gasteiger partial charge in [0.15, 0.2) is 5.15 Å². The van der Waals surface area contributed by atoms with E-state index in [1.807, 2.05) is 19.2 Å². The van der Waals surface area contributed by atoms with Gasteiger partial charge in [0.25, 0.3) is 0 Å². The average molecular weight is 207 g/mol. The Morgan fingerprint density at radius 1 is 1.64 bits per heavy atom. The SMILES string of the molecule is Cc1cn2cnc(CC#N)c2c(Cl)n1. The molecular formula is C9H7ClN4. The summed E-state index contributed by atoms with van der Waals surface area (Å²) in [4.78, 5) is 8.22. The number of aryl methyl sites for hydroxylation is 1. The third-order valence-electron chi connectivity index (χ3n) is 1.91. The molecular weight excluding hydrogens is 200 g/mol. The van der Waals surface area contributed by atoms with Gasteiger partial charge in [0.05, 0.1) is 30.2 Å². The van der Waals surface area contributed by atoms with Crippen LogP contribution in [0, 0.1) is 18.3 Å². The molecule has 0 aliphatic heterocycles. The van der Waals surface area contributed by atoms with Gasteiger partial charge in [-0.2, -0.15) is 5.26 Å². The maximum Gasteiger partial charge on any atom is 0.155 e. The number of hydrogen-bond acceptors (Lipinski definition) is 3. The Morgan fingerprint density at radius 2 is 2.43 bits per heavy atom. The molecule has 0 N–H and O–H groups in total. The molecule has 2 aromatic heterocycles. The summed E-state index contributed by atoms with van der Waals surface area (Å²) in [7, 11) is 0. The first-order chi connectivity index (χ1) is 6.72. The summed E-state index contributed by atoms with van der Waals surface area (Å²) in [5.41, 5.74) is 2.22. The molecule has 2 aromatic rings. The summed E-state index contributed by atoms with van der Waals surface area (Å²) >= 11 is 5.96. The summed E-state index contributed by atoms with van der Waals surface area (Å²) in [6.07, 6.45) is 3.72. The highest BCUT2D eigenvalue weighted by Gasteiger charge is 2.09. The van der Waals surface area contributed by atoms with Crippen molar-refractivity contribution in [2.75, 3.05) is 0 Å². The van der Waals surface area contributed by atoms with Gasteiger partial charge in [0, 0.05) is 6.20 Å². The highest BCUT2D eigenvalue weighted by molar-refractivity contribution is 6.32. The molecule has 0 saturated carbocycles. The van der Waals surface area contributed by atoms with Crippen molar-refractivity contribution in [1.82, 2.24) is 14.4 Å². The van der Waals surface area contributed by atoms with Crippen LogP contribution in [0.4, 0.5) is 0 Å². The van der Waals surface area contributed by atoms with E-state index in [1.165, 1.54) is 0 Å². The molecule has 0 radical (unpaired) electrons. The van der Waals surface area contributed by atoms with E-state index in [9.17, 15) is 0 Å². The summed E-state index contributed by atoms with van der Waals surface area (Å²) in [5.74, 6) is 0. The van der Waals surface area contributed by atoms with Crippen LogP contribution in [0.3, 0.4) is 0 Å². The Bertz CT molecular complexity index is 523. The predicted octanol–water partition coefficient (Wildman–Crippen LogP) is 1.76. The molecule has 0 bridgehead atoms. The summed E-state index contributed by atoms with van der Waals surface area (Å²) < 4.78 is 1.79. The van der Waals surface area contributed by atoms with Gasteiger partial charge in [-0.25, -0.2) is 9.97 Å². The topological polar surface area (TPSA) is 54.0 Å². The van der Waals surface area contributed by atoms with Gasteiger partial charge < -0.3 is 4.40 Å². The van der Waals surface area contributed by atoms with Gasteiger partial charge in [-0.15, -0.1) is 0 Å². The van der Waals surface area contributed by atoms with Crippen LogP contribution in [0.25, 0.3) is 5.52 Å². The van der Waals surface area contributed by atoms with E-state index in [0.717, 1.165) is 11.2 Å². The van der Waals surface area contributed by atoms with Crippen molar-refractivity contribution in [1.29, 1.82) is 5.26 Å². The van der Waals surface area contributed by atoms with Crippen molar-refractivity contribution < 1.29 is 0 Å². The van der Waals surface area contributed by atoms with Gasteiger partial charge >= 0.3 is 0 Å². The number of halogens is 1. The number of nitrogens with zero attached hydrogens (tertiary/aromatic N) is 4. The Balaban J connectivity index is 2.74. The van der Waals surface area contributed by atoms with Crippen LogP contribution in [0.2, 0.25) is 5.15 Å². The molecule has 0 aromatic carbocycles. The van der Waals surface area contributed by atoms with E-state index >= 15 is 0 Å². The minimum absolute atomic E-state index is 0.251. The van der Waals surface area contributed by atoms with Gasteiger partial charge in [0.1, 0.15) is 5.52 Å². The highest BCUT2D eigenvalue weighted by atomic mass is 35.5. The monoisotopic (exact) mass is 206 g/mol. The third-order valence-corrected chi connectivity index (χ3v) is 2.18. The molecule has 0 fully saturated rings. The lowest BCUT2D eigenvalue weighted by Gasteiger charge is -1.99. The number of fused-ring (bicyclic) bond motifs is 1. The van der Waals surface area contributed by atoms with Crippen molar-refractivity contribution in [2.24, 2.45) is 0 Å². The lowest BCUT2D eigenvalue weighted by atomic mass is 10.3. The van der Waals surface area contributed by atoms with E-state index < -0.39 is 0 Å². The fraction of sp³-hybridized carbons (Fsp3) is 0.222. The van der Waals surface area contributed by atoms with Gasteiger partial charge in [-0.05, 0) is 6.92 Å². The third kappa shape index (κ3) is 1.32. The zero-order valence-electron chi connectivity index (χ0n) is 7.53. The molecule has 0 aliphatic carbocycles. The Hall–Kier alpha value is -1.60. The van der Waals surface area contributed by atoms with E-state index in [0.29, 0.717) is 10.8 Å². The molecule has 14 heavy (non-hydrogen) atoms. The second-order valence-corrected chi connectivity index (χ2v) is 3.31. The molecule has 5 heteroatoms. The van der Waals surface area contributed by atoms with Crippen molar-refractivity contribution in [3.05, 3.63) is 29.1 Å². The minimum atomic E-state index is 0.251. The molecule has 2 rings (SSSR count). The first-order valence-electron chi connectivity index (χ1n) is 4.08. The van der Waals surface area contributed by atoms with Gasteiger partial charge in [-0.1, -0.05) is 11.6 Å². The second kappa shape index (κ2) is 3.28. The minimum Gasteiger partial charge on any atom is -0.301 e. The first-order valence-corrected chi connectivity index (χ1v) is 4.46. The number of rotatable bonds is 1. The van der Waals surface area contributed by atoms with E-state index in [4.69, 9.17) is 16.9 Å². The maximum atomic E-state index is 8.58. The Labute approximate surface area is 85.8 Å². The molecule has 0 atom stereocenters. The van der Waals surface area contributed by atoms with Crippen molar-refractivity contribution >= 4 is 17.1 Å². The van der Waals surface area contributed by atoms with Crippen LogP contribution in [-0.2, 0) is 6.42 Å². The maximum absolute atomic E-state index is 8.58. The Kier molecular flexibility index (Phi) is 2.10. The molecule has 0 unspecified atom stereocenters. The predicted molar refractivity (Wildman–Crippen MR) is 52.1 cm³/mol. The van der Waals surface area contributed by atoms with Gasteiger partial charge in [-0.3, -0.25) is 0 Å². The Morgan fingerprint density at radius 3 is 3.14 bits per heavy atom. The molecule has 2 heterocycles. The highest BCUT2D eigenvalue weighted by Crippen LogP contribution is 2.19. The largest absolute Gasteiger partial charge is 0.301 e. The molecule has 0 spiro atoms.